The maximum absolute atomic E-state index is 11.2. The van der Waals surface area contributed by atoms with Gasteiger partial charge in [-0.1, -0.05) is 104 Å². The first-order valence-electron chi connectivity index (χ1n) is 14.3. The first-order valence-corrected chi connectivity index (χ1v) is 15.9. The van der Waals surface area contributed by atoms with E-state index in [2.05, 4.69) is 39.4 Å². The molecule has 1 aromatic heterocycles. The van der Waals surface area contributed by atoms with Gasteiger partial charge in [0.1, 0.15) is 0 Å². The summed E-state index contributed by atoms with van der Waals surface area (Å²) in [5.41, 5.74) is 0. The van der Waals surface area contributed by atoms with Crippen molar-refractivity contribution < 1.29 is 13.0 Å². The number of nitrogens with zero attached hydrogens (tertiary/aromatic N) is 4. The van der Waals surface area contributed by atoms with Crippen molar-refractivity contribution in [1.29, 1.82) is 0 Å². The number of unbranched alkanes of at least 4 members (excludes halogenated alkanes) is 14. The van der Waals surface area contributed by atoms with Crippen LogP contribution in [-0.2, 0) is 10.1 Å². The van der Waals surface area contributed by atoms with Gasteiger partial charge in [0.15, 0.2) is 0 Å². The minimum atomic E-state index is -4.05. The molecule has 1 heterocycles. The number of hydrogen-bond acceptors (Lipinski definition) is 8. The molecule has 0 fully saturated rings. The standard InChI is InChI=1S/C26H52N6O3S/c1-4-6-8-10-12-14-16-18-20-27-24-29-25(28-21-19-17-15-13-11-9-7-5-2)31-26(30-24)32(3)22-23-36(33,34)35/h4-23H2,1-3H3,(H,33,34,35)(H2,27,28,29,30,31). The maximum Gasteiger partial charge on any atom is 0.266 e. The average molecular weight is 529 g/mol. The Morgan fingerprint density at radius 1 is 0.667 bits per heavy atom. The number of anilines is 3. The highest BCUT2D eigenvalue weighted by atomic mass is 32.2. The molecule has 0 spiro atoms. The predicted molar refractivity (Wildman–Crippen MR) is 152 cm³/mol. The molecule has 0 radical (unpaired) electrons. The Kier molecular flexibility index (Phi) is 18.3. The Bertz CT molecular complexity index is 739. The molecule has 1 rings (SSSR count). The summed E-state index contributed by atoms with van der Waals surface area (Å²) in [6, 6.07) is 0. The molecule has 0 saturated heterocycles. The fourth-order valence-corrected chi connectivity index (χ4v) is 4.47. The molecule has 10 heteroatoms. The lowest BCUT2D eigenvalue weighted by Crippen LogP contribution is -2.27. The van der Waals surface area contributed by atoms with E-state index in [0.29, 0.717) is 17.8 Å². The molecule has 9 nitrogen and oxygen atoms in total. The van der Waals surface area contributed by atoms with Crippen LogP contribution >= 0.6 is 0 Å². The van der Waals surface area contributed by atoms with Gasteiger partial charge in [0, 0.05) is 26.7 Å². The van der Waals surface area contributed by atoms with E-state index in [4.69, 9.17) is 4.55 Å². The average Bonchev–Trinajstić information content (AvgIpc) is 2.84. The van der Waals surface area contributed by atoms with Gasteiger partial charge in [-0.05, 0) is 12.8 Å². The Labute approximate surface area is 220 Å². The highest BCUT2D eigenvalue weighted by Gasteiger charge is 2.13. The SMILES string of the molecule is CCCCCCCCCCNc1nc(NCCCCCCCCCC)nc(N(C)CCS(=O)(=O)O)n1. The molecular formula is C26H52N6O3S. The van der Waals surface area contributed by atoms with Gasteiger partial charge in [-0.3, -0.25) is 4.55 Å². The van der Waals surface area contributed by atoms with Crippen LogP contribution in [0.5, 0.6) is 0 Å². The van der Waals surface area contributed by atoms with Crippen LogP contribution in [0, 0.1) is 0 Å². The van der Waals surface area contributed by atoms with Crippen molar-refractivity contribution in [2.24, 2.45) is 0 Å². The van der Waals surface area contributed by atoms with Crippen LogP contribution < -0.4 is 15.5 Å². The van der Waals surface area contributed by atoms with E-state index in [1.807, 2.05) is 0 Å². The fraction of sp³-hybridized carbons (Fsp3) is 0.885. The third-order valence-electron chi connectivity index (χ3n) is 6.28. The molecule has 1 aromatic rings. The minimum absolute atomic E-state index is 0.0950. The van der Waals surface area contributed by atoms with Crippen LogP contribution in [0.2, 0.25) is 0 Å². The molecule has 0 amide bonds. The molecule has 0 bridgehead atoms. The quantitative estimate of drug-likeness (QED) is 0.105. The van der Waals surface area contributed by atoms with Crippen molar-refractivity contribution in [2.75, 3.05) is 48.0 Å². The van der Waals surface area contributed by atoms with Gasteiger partial charge in [-0.25, -0.2) is 0 Å². The van der Waals surface area contributed by atoms with Crippen LogP contribution in [0.1, 0.15) is 117 Å². The second kappa shape index (κ2) is 20.4. The number of nitrogens with one attached hydrogen (secondary N) is 2. The lowest BCUT2D eigenvalue weighted by Gasteiger charge is -2.18. The van der Waals surface area contributed by atoms with Gasteiger partial charge >= 0.3 is 0 Å². The molecule has 0 atom stereocenters. The summed E-state index contributed by atoms with van der Waals surface area (Å²) in [5, 5.41) is 6.60. The Balaban J connectivity index is 2.52. The summed E-state index contributed by atoms with van der Waals surface area (Å²) < 4.78 is 31.4. The lowest BCUT2D eigenvalue weighted by molar-refractivity contribution is 0.483. The molecule has 3 N–H and O–H groups in total. The zero-order chi connectivity index (χ0) is 26.5. The molecular weight excluding hydrogens is 476 g/mol. The van der Waals surface area contributed by atoms with E-state index in [-0.39, 0.29) is 12.3 Å². The Hall–Kier alpha value is -1.68. The topological polar surface area (TPSA) is 120 Å². The van der Waals surface area contributed by atoms with Crippen molar-refractivity contribution in [3.8, 4) is 0 Å². The van der Waals surface area contributed by atoms with E-state index in [0.717, 1.165) is 25.9 Å². The predicted octanol–water partition coefficient (Wildman–Crippen LogP) is 6.30. The van der Waals surface area contributed by atoms with Crippen molar-refractivity contribution in [1.82, 2.24) is 15.0 Å². The van der Waals surface area contributed by atoms with Crippen LogP contribution in [0.15, 0.2) is 0 Å². The first-order chi connectivity index (χ1) is 17.4. The Morgan fingerprint density at radius 2 is 1.06 bits per heavy atom. The van der Waals surface area contributed by atoms with E-state index < -0.39 is 10.1 Å². The zero-order valence-corrected chi connectivity index (χ0v) is 23.9. The van der Waals surface area contributed by atoms with Crippen molar-refractivity contribution in [3.63, 3.8) is 0 Å². The van der Waals surface area contributed by atoms with E-state index in [1.54, 1.807) is 11.9 Å². The lowest BCUT2D eigenvalue weighted by atomic mass is 10.1. The highest BCUT2D eigenvalue weighted by molar-refractivity contribution is 7.85. The van der Waals surface area contributed by atoms with Crippen molar-refractivity contribution >= 4 is 28.0 Å². The summed E-state index contributed by atoms with van der Waals surface area (Å²) in [7, 11) is -2.34. The monoisotopic (exact) mass is 528 g/mol. The molecule has 0 saturated carbocycles. The van der Waals surface area contributed by atoms with Crippen LogP contribution in [0.25, 0.3) is 0 Å². The normalized spacial score (nSPS) is 11.6. The third-order valence-corrected chi connectivity index (χ3v) is 6.98. The molecule has 0 aliphatic heterocycles. The van der Waals surface area contributed by atoms with Crippen LogP contribution in [-0.4, -0.2) is 60.4 Å². The molecule has 0 aromatic carbocycles. The van der Waals surface area contributed by atoms with Gasteiger partial charge in [0.25, 0.3) is 10.1 Å². The van der Waals surface area contributed by atoms with E-state index in [1.165, 1.54) is 89.9 Å². The van der Waals surface area contributed by atoms with E-state index >= 15 is 0 Å². The summed E-state index contributed by atoms with van der Waals surface area (Å²) in [6.45, 7) is 6.14. The molecule has 0 aliphatic rings. The second-order valence-electron chi connectivity index (χ2n) is 9.79. The van der Waals surface area contributed by atoms with Gasteiger partial charge in [-0.2, -0.15) is 23.4 Å². The highest BCUT2D eigenvalue weighted by Crippen LogP contribution is 2.14. The van der Waals surface area contributed by atoms with Gasteiger partial charge in [0.05, 0.1) is 5.75 Å². The zero-order valence-electron chi connectivity index (χ0n) is 23.1. The summed E-state index contributed by atoms with van der Waals surface area (Å²) in [4.78, 5) is 15.1. The van der Waals surface area contributed by atoms with Gasteiger partial charge in [-0.15, -0.1) is 0 Å². The number of aromatic nitrogens is 3. The second-order valence-corrected chi connectivity index (χ2v) is 11.4. The molecule has 36 heavy (non-hydrogen) atoms. The van der Waals surface area contributed by atoms with Crippen LogP contribution in [0.4, 0.5) is 17.8 Å². The van der Waals surface area contributed by atoms with Crippen molar-refractivity contribution in [2.45, 2.75) is 117 Å². The van der Waals surface area contributed by atoms with Gasteiger partial charge < -0.3 is 15.5 Å². The molecule has 0 unspecified atom stereocenters. The smallest absolute Gasteiger partial charge is 0.266 e. The Morgan fingerprint density at radius 3 is 1.44 bits per heavy atom. The first kappa shape index (κ1) is 32.3. The summed E-state index contributed by atoms with van der Waals surface area (Å²) >= 11 is 0. The minimum Gasteiger partial charge on any atom is -0.354 e. The maximum atomic E-state index is 11.2. The third kappa shape index (κ3) is 17.7. The van der Waals surface area contributed by atoms with Crippen LogP contribution in [0.3, 0.4) is 0 Å². The van der Waals surface area contributed by atoms with Gasteiger partial charge in [0.2, 0.25) is 17.8 Å². The summed E-state index contributed by atoms with van der Waals surface area (Å²) in [6.07, 6.45) is 20.1. The van der Waals surface area contributed by atoms with E-state index in [9.17, 15) is 8.42 Å². The van der Waals surface area contributed by atoms with Crippen molar-refractivity contribution in [3.05, 3.63) is 0 Å². The number of rotatable bonds is 24. The number of hydrogen-bond donors (Lipinski definition) is 3. The molecule has 0 aliphatic carbocycles. The largest absolute Gasteiger partial charge is 0.354 e. The summed E-state index contributed by atoms with van der Waals surface area (Å²) in [5.74, 6) is 0.975. The molecule has 210 valence electrons. The fourth-order valence-electron chi connectivity index (χ4n) is 3.96.